The summed E-state index contributed by atoms with van der Waals surface area (Å²) < 4.78 is 4.56. The molecule has 27 heavy (non-hydrogen) atoms. The second kappa shape index (κ2) is 6.49. The second-order valence-corrected chi connectivity index (χ2v) is 5.84. The summed E-state index contributed by atoms with van der Waals surface area (Å²) in [7, 11) is 1.14. The average molecular weight is 369 g/mol. The Morgan fingerprint density at radius 1 is 1.00 bits per heavy atom. The highest BCUT2D eigenvalue weighted by molar-refractivity contribution is 6.12. The van der Waals surface area contributed by atoms with Gasteiger partial charge in [-0.3, -0.25) is 9.59 Å². The van der Waals surface area contributed by atoms with Gasteiger partial charge in [0.1, 0.15) is 17.2 Å². The number of H-pyrrole nitrogens is 1. The second-order valence-electron chi connectivity index (χ2n) is 5.84. The van der Waals surface area contributed by atoms with Crippen LogP contribution < -0.4 is 5.56 Å². The van der Waals surface area contributed by atoms with E-state index in [0.29, 0.717) is 0 Å². The Kier molecular flexibility index (Phi) is 4.32. The van der Waals surface area contributed by atoms with Crippen LogP contribution in [0.4, 0.5) is 0 Å². The first-order chi connectivity index (χ1) is 12.8. The highest BCUT2D eigenvalue weighted by Crippen LogP contribution is 2.44. The SMILES string of the molecule is COC(=O)c1cc(O)c(-c2c(C(C)=O)[nH]c(=O)c3cccc(O)c23)c(O)c1. The molecule has 138 valence electrons. The zero-order chi connectivity index (χ0) is 19.9. The molecule has 0 saturated carbocycles. The molecule has 0 radical (unpaired) electrons. The Morgan fingerprint density at radius 3 is 2.19 bits per heavy atom. The summed E-state index contributed by atoms with van der Waals surface area (Å²) in [5.74, 6) is -2.72. The van der Waals surface area contributed by atoms with Gasteiger partial charge in [-0.1, -0.05) is 6.07 Å². The molecular weight excluding hydrogens is 354 g/mol. The minimum Gasteiger partial charge on any atom is -0.507 e. The van der Waals surface area contributed by atoms with E-state index in [-0.39, 0.29) is 38.9 Å². The summed E-state index contributed by atoms with van der Waals surface area (Å²) in [5, 5.41) is 31.2. The molecule has 0 spiro atoms. The maximum Gasteiger partial charge on any atom is 0.338 e. The average Bonchev–Trinajstić information content (AvgIpc) is 2.62. The maximum absolute atomic E-state index is 12.3. The van der Waals surface area contributed by atoms with Crippen molar-refractivity contribution in [3.63, 3.8) is 0 Å². The molecule has 8 nitrogen and oxygen atoms in total. The highest BCUT2D eigenvalue weighted by atomic mass is 16.5. The van der Waals surface area contributed by atoms with Crippen LogP contribution in [0.2, 0.25) is 0 Å². The topological polar surface area (TPSA) is 137 Å². The maximum atomic E-state index is 12.3. The molecule has 0 bridgehead atoms. The summed E-state index contributed by atoms with van der Waals surface area (Å²) in [4.78, 5) is 38.5. The lowest BCUT2D eigenvalue weighted by molar-refractivity contribution is 0.0599. The van der Waals surface area contributed by atoms with Gasteiger partial charge in [-0.05, 0) is 24.3 Å². The van der Waals surface area contributed by atoms with E-state index in [1.165, 1.54) is 25.1 Å². The van der Waals surface area contributed by atoms with Crippen molar-refractivity contribution in [3.05, 3.63) is 51.9 Å². The molecule has 4 N–H and O–H groups in total. The van der Waals surface area contributed by atoms with Crippen molar-refractivity contribution < 1.29 is 29.6 Å². The first-order valence-electron chi connectivity index (χ1n) is 7.79. The van der Waals surface area contributed by atoms with Crippen molar-refractivity contribution >= 4 is 22.5 Å². The van der Waals surface area contributed by atoms with Gasteiger partial charge < -0.3 is 25.0 Å². The minimum absolute atomic E-state index is 0.0112. The van der Waals surface area contributed by atoms with Crippen LogP contribution in [-0.2, 0) is 4.74 Å². The molecule has 0 fully saturated rings. The fraction of sp³-hybridized carbons (Fsp3) is 0.105. The van der Waals surface area contributed by atoms with Crippen molar-refractivity contribution in [2.24, 2.45) is 0 Å². The number of methoxy groups -OCH3 is 1. The number of fused-ring (bicyclic) bond motifs is 1. The van der Waals surface area contributed by atoms with Crippen LogP contribution >= 0.6 is 0 Å². The van der Waals surface area contributed by atoms with Crippen molar-refractivity contribution in [2.75, 3.05) is 7.11 Å². The number of phenols is 3. The molecule has 3 rings (SSSR count). The summed E-state index contributed by atoms with van der Waals surface area (Å²) in [6.07, 6.45) is 0. The molecular formula is C19H15NO7. The number of aromatic nitrogens is 1. The summed E-state index contributed by atoms with van der Waals surface area (Å²) in [6.45, 7) is 1.19. The van der Waals surface area contributed by atoms with Gasteiger partial charge in [0, 0.05) is 17.9 Å². The minimum atomic E-state index is -0.784. The highest BCUT2D eigenvalue weighted by Gasteiger charge is 2.25. The summed E-state index contributed by atoms with van der Waals surface area (Å²) in [6, 6.07) is 6.30. The van der Waals surface area contributed by atoms with E-state index >= 15 is 0 Å². The van der Waals surface area contributed by atoms with E-state index < -0.39 is 28.8 Å². The lowest BCUT2D eigenvalue weighted by Crippen LogP contribution is -2.14. The van der Waals surface area contributed by atoms with Crippen LogP contribution in [0.15, 0.2) is 35.1 Å². The number of hydrogen-bond donors (Lipinski definition) is 4. The zero-order valence-electron chi connectivity index (χ0n) is 14.4. The van der Waals surface area contributed by atoms with Gasteiger partial charge in [0.25, 0.3) is 5.56 Å². The van der Waals surface area contributed by atoms with E-state index in [4.69, 9.17) is 0 Å². The van der Waals surface area contributed by atoms with E-state index in [2.05, 4.69) is 9.72 Å². The molecule has 0 amide bonds. The Bertz CT molecular complexity index is 1140. The van der Waals surface area contributed by atoms with Crippen molar-refractivity contribution in [1.82, 2.24) is 4.98 Å². The number of carbonyl (C=O) groups is 2. The van der Waals surface area contributed by atoms with Gasteiger partial charge in [-0.25, -0.2) is 4.79 Å². The number of ether oxygens (including phenoxy) is 1. The van der Waals surface area contributed by atoms with Gasteiger partial charge in [-0.2, -0.15) is 0 Å². The molecule has 0 aliphatic heterocycles. The number of nitrogens with one attached hydrogen (secondary N) is 1. The van der Waals surface area contributed by atoms with Gasteiger partial charge >= 0.3 is 5.97 Å². The Morgan fingerprint density at radius 2 is 1.63 bits per heavy atom. The number of hydrogen-bond acceptors (Lipinski definition) is 7. The first-order valence-corrected chi connectivity index (χ1v) is 7.79. The fourth-order valence-corrected chi connectivity index (χ4v) is 2.98. The van der Waals surface area contributed by atoms with Crippen molar-refractivity contribution in [3.8, 4) is 28.4 Å². The van der Waals surface area contributed by atoms with Crippen LogP contribution in [0, 0.1) is 0 Å². The number of benzene rings is 2. The lowest BCUT2D eigenvalue weighted by Gasteiger charge is -2.15. The van der Waals surface area contributed by atoms with E-state index in [1.54, 1.807) is 0 Å². The number of aromatic amines is 1. The molecule has 1 heterocycles. The molecule has 0 saturated heterocycles. The molecule has 0 unspecified atom stereocenters. The number of phenolic OH excluding ortho intramolecular Hbond substituents is 3. The lowest BCUT2D eigenvalue weighted by atomic mass is 9.93. The number of aromatic hydroxyl groups is 3. The quantitative estimate of drug-likeness (QED) is 0.411. The number of pyridine rings is 1. The van der Waals surface area contributed by atoms with Crippen LogP contribution in [0.1, 0.15) is 27.8 Å². The largest absolute Gasteiger partial charge is 0.507 e. The van der Waals surface area contributed by atoms with Crippen molar-refractivity contribution in [2.45, 2.75) is 6.92 Å². The van der Waals surface area contributed by atoms with Crippen LogP contribution in [0.3, 0.4) is 0 Å². The molecule has 0 aliphatic rings. The number of carbonyl (C=O) groups excluding carboxylic acids is 2. The van der Waals surface area contributed by atoms with Gasteiger partial charge in [-0.15, -0.1) is 0 Å². The number of ketones is 1. The van der Waals surface area contributed by atoms with Crippen LogP contribution in [0.25, 0.3) is 21.9 Å². The predicted octanol–water partition coefficient (Wildman–Crippen LogP) is 2.30. The predicted molar refractivity (Wildman–Crippen MR) is 96.3 cm³/mol. The normalized spacial score (nSPS) is 10.7. The third kappa shape index (κ3) is 2.86. The summed E-state index contributed by atoms with van der Waals surface area (Å²) in [5.41, 5.74) is -1.19. The first kappa shape index (κ1) is 18.0. The molecule has 0 aliphatic carbocycles. The molecule has 2 aromatic carbocycles. The third-order valence-corrected chi connectivity index (χ3v) is 4.15. The van der Waals surface area contributed by atoms with E-state index in [1.807, 2.05) is 0 Å². The van der Waals surface area contributed by atoms with Crippen LogP contribution in [-0.4, -0.2) is 39.2 Å². The summed E-state index contributed by atoms with van der Waals surface area (Å²) >= 11 is 0. The van der Waals surface area contributed by atoms with E-state index in [9.17, 15) is 29.7 Å². The molecule has 1 aromatic heterocycles. The van der Waals surface area contributed by atoms with Crippen molar-refractivity contribution in [1.29, 1.82) is 0 Å². The van der Waals surface area contributed by atoms with Gasteiger partial charge in [0.05, 0.1) is 29.3 Å². The zero-order valence-corrected chi connectivity index (χ0v) is 14.4. The van der Waals surface area contributed by atoms with Gasteiger partial charge in [0.15, 0.2) is 5.78 Å². The fourth-order valence-electron chi connectivity index (χ4n) is 2.98. The molecule has 3 aromatic rings. The Balaban J connectivity index is 2.50. The number of rotatable bonds is 3. The Hall–Kier alpha value is -3.81. The molecule has 8 heteroatoms. The third-order valence-electron chi connectivity index (χ3n) is 4.15. The Labute approximate surface area is 152 Å². The van der Waals surface area contributed by atoms with Gasteiger partial charge in [0.2, 0.25) is 0 Å². The van der Waals surface area contributed by atoms with Crippen LogP contribution in [0.5, 0.6) is 17.2 Å². The standard InChI is InChI=1S/C19H15NO7/c1-8(21)17-16(14-10(18(25)20-17)4-3-5-11(14)22)15-12(23)6-9(7-13(15)24)19(26)27-2/h3-7,22-24H,1-2H3,(H,20,25). The number of esters is 1. The smallest absolute Gasteiger partial charge is 0.338 e. The van der Waals surface area contributed by atoms with E-state index in [0.717, 1.165) is 19.2 Å². The number of Topliss-reactive ketones (excluding diaryl/α,β-unsaturated/α-hetero) is 1. The monoisotopic (exact) mass is 369 g/mol. The molecule has 0 atom stereocenters.